The standard InChI is InChI=1S/C18H13NO5S/c20-14(21)10-24-15-13-8-12(7-6-11-4-2-1-3-5-11)9-19-17(13)25-16(15)18(22)23/h1-9H,10H2,(H,20,21)(H,22,23)/b7-6+. The van der Waals surface area contributed by atoms with E-state index >= 15 is 0 Å². The quantitative estimate of drug-likeness (QED) is 0.701. The number of aromatic carboxylic acids is 1. The first kappa shape index (κ1) is 16.7. The second-order valence-corrected chi connectivity index (χ2v) is 6.11. The van der Waals surface area contributed by atoms with Crippen molar-refractivity contribution in [2.45, 2.75) is 0 Å². The molecule has 6 nitrogen and oxygen atoms in total. The van der Waals surface area contributed by atoms with Gasteiger partial charge in [-0.05, 0) is 17.2 Å². The number of fused-ring (bicyclic) bond motifs is 1. The third kappa shape index (κ3) is 3.84. The number of hydrogen-bond acceptors (Lipinski definition) is 5. The van der Waals surface area contributed by atoms with Gasteiger partial charge in [0.15, 0.2) is 17.2 Å². The summed E-state index contributed by atoms with van der Waals surface area (Å²) in [5.41, 5.74) is 1.77. The number of hydrogen-bond donors (Lipinski definition) is 2. The molecule has 2 aromatic heterocycles. The van der Waals surface area contributed by atoms with Gasteiger partial charge in [-0.3, -0.25) is 0 Å². The molecule has 2 heterocycles. The Morgan fingerprint density at radius 2 is 1.84 bits per heavy atom. The fraction of sp³-hybridized carbons (Fsp3) is 0.0556. The van der Waals surface area contributed by atoms with Crippen molar-refractivity contribution in [3.63, 3.8) is 0 Å². The van der Waals surface area contributed by atoms with Crippen molar-refractivity contribution in [1.82, 2.24) is 4.98 Å². The fourth-order valence-electron chi connectivity index (χ4n) is 2.24. The molecule has 1 aromatic carbocycles. The van der Waals surface area contributed by atoms with Crippen molar-refractivity contribution < 1.29 is 24.5 Å². The maximum absolute atomic E-state index is 11.4. The molecule has 126 valence electrons. The summed E-state index contributed by atoms with van der Waals surface area (Å²) in [4.78, 5) is 26.8. The van der Waals surface area contributed by atoms with Gasteiger partial charge in [0.05, 0.1) is 5.39 Å². The lowest BCUT2D eigenvalue weighted by molar-refractivity contribution is -0.139. The number of pyridine rings is 1. The number of carboxylic acid groups (broad SMARTS) is 2. The highest BCUT2D eigenvalue weighted by Gasteiger charge is 2.21. The lowest BCUT2D eigenvalue weighted by Crippen LogP contribution is -2.10. The zero-order valence-corrected chi connectivity index (χ0v) is 13.7. The van der Waals surface area contributed by atoms with Crippen molar-refractivity contribution in [1.29, 1.82) is 0 Å². The number of carboxylic acids is 2. The van der Waals surface area contributed by atoms with Crippen LogP contribution in [0.1, 0.15) is 20.8 Å². The Morgan fingerprint density at radius 3 is 2.52 bits per heavy atom. The number of nitrogens with zero attached hydrogens (tertiary/aromatic N) is 1. The number of aromatic nitrogens is 1. The highest BCUT2D eigenvalue weighted by Crippen LogP contribution is 2.37. The van der Waals surface area contributed by atoms with Gasteiger partial charge in [-0.15, -0.1) is 11.3 Å². The minimum Gasteiger partial charge on any atom is -0.479 e. The first-order chi connectivity index (χ1) is 12.0. The van der Waals surface area contributed by atoms with Crippen molar-refractivity contribution in [2.75, 3.05) is 6.61 Å². The van der Waals surface area contributed by atoms with Crippen LogP contribution in [0.25, 0.3) is 22.4 Å². The van der Waals surface area contributed by atoms with E-state index in [1.54, 1.807) is 12.3 Å². The molecule has 2 N–H and O–H groups in total. The average molecular weight is 355 g/mol. The van der Waals surface area contributed by atoms with Crippen molar-refractivity contribution in [3.05, 3.63) is 58.6 Å². The molecule has 25 heavy (non-hydrogen) atoms. The summed E-state index contributed by atoms with van der Waals surface area (Å²) in [5, 5.41) is 18.6. The van der Waals surface area contributed by atoms with E-state index in [0.717, 1.165) is 22.5 Å². The molecule has 0 radical (unpaired) electrons. The van der Waals surface area contributed by atoms with Gasteiger partial charge < -0.3 is 14.9 Å². The van der Waals surface area contributed by atoms with Crippen molar-refractivity contribution >= 4 is 45.6 Å². The molecular weight excluding hydrogens is 342 g/mol. The van der Waals surface area contributed by atoms with Crippen LogP contribution in [0.3, 0.4) is 0 Å². The van der Waals surface area contributed by atoms with E-state index in [0.29, 0.717) is 10.2 Å². The van der Waals surface area contributed by atoms with Gasteiger partial charge in [0.25, 0.3) is 0 Å². The number of aliphatic carboxylic acids is 1. The Morgan fingerprint density at radius 1 is 1.12 bits per heavy atom. The summed E-state index contributed by atoms with van der Waals surface area (Å²) >= 11 is 0.954. The van der Waals surface area contributed by atoms with E-state index in [-0.39, 0.29) is 10.6 Å². The topological polar surface area (TPSA) is 96.7 Å². The fourth-order valence-corrected chi connectivity index (χ4v) is 3.15. The average Bonchev–Trinajstić information content (AvgIpc) is 2.97. The van der Waals surface area contributed by atoms with Crippen LogP contribution in [-0.2, 0) is 4.79 Å². The molecule has 7 heteroatoms. The van der Waals surface area contributed by atoms with E-state index in [1.807, 2.05) is 42.5 Å². The molecule has 0 aliphatic rings. The zero-order valence-electron chi connectivity index (χ0n) is 12.9. The minimum atomic E-state index is -1.18. The molecule has 0 unspecified atom stereocenters. The van der Waals surface area contributed by atoms with Crippen LogP contribution in [-0.4, -0.2) is 33.7 Å². The van der Waals surface area contributed by atoms with E-state index in [4.69, 9.17) is 9.84 Å². The Kier molecular flexibility index (Phi) is 4.76. The minimum absolute atomic E-state index is 0.0392. The van der Waals surface area contributed by atoms with Gasteiger partial charge in [0.1, 0.15) is 4.83 Å². The zero-order chi connectivity index (χ0) is 17.8. The Hall–Kier alpha value is -3.19. The number of benzene rings is 1. The molecule has 0 atom stereocenters. The predicted octanol–water partition coefficient (Wildman–Crippen LogP) is 3.63. The second-order valence-electron chi connectivity index (χ2n) is 5.11. The normalized spacial score (nSPS) is 11.0. The van der Waals surface area contributed by atoms with Crippen LogP contribution in [0.15, 0.2) is 42.6 Å². The Bertz CT molecular complexity index is 962. The van der Waals surface area contributed by atoms with Gasteiger partial charge >= 0.3 is 11.9 Å². The van der Waals surface area contributed by atoms with Crippen molar-refractivity contribution in [3.8, 4) is 5.75 Å². The molecule has 0 aliphatic heterocycles. The van der Waals surface area contributed by atoms with Gasteiger partial charge in [0, 0.05) is 6.20 Å². The number of carbonyl (C=O) groups is 2. The van der Waals surface area contributed by atoms with Gasteiger partial charge in [0.2, 0.25) is 0 Å². The molecule has 0 aliphatic carbocycles. The number of thiophene rings is 1. The molecule has 0 bridgehead atoms. The van der Waals surface area contributed by atoms with Gasteiger partial charge in [-0.1, -0.05) is 42.5 Å². The molecule has 3 rings (SSSR count). The SMILES string of the molecule is O=C(O)COc1c(C(=O)O)sc2ncc(/C=C/c3ccccc3)cc12. The summed E-state index contributed by atoms with van der Waals surface area (Å²) in [6.45, 7) is -0.615. The predicted molar refractivity (Wildman–Crippen MR) is 95.1 cm³/mol. The second kappa shape index (κ2) is 7.14. The van der Waals surface area contributed by atoms with E-state index < -0.39 is 18.5 Å². The summed E-state index contributed by atoms with van der Waals surface area (Å²) in [6, 6.07) is 11.4. The third-order valence-electron chi connectivity index (χ3n) is 3.32. The van der Waals surface area contributed by atoms with E-state index in [9.17, 15) is 14.7 Å². The highest BCUT2D eigenvalue weighted by atomic mass is 32.1. The number of rotatable bonds is 6. The molecule has 0 saturated heterocycles. The maximum Gasteiger partial charge on any atom is 0.349 e. The first-order valence-electron chi connectivity index (χ1n) is 7.28. The molecule has 0 amide bonds. The summed E-state index contributed by atoms with van der Waals surface area (Å²) in [6.07, 6.45) is 5.39. The maximum atomic E-state index is 11.4. The molecule has 0 spiro atoms. The van der Waals surface area contributed by atoms with Crippen LogP contribution < -0.4 is 4.74 Å². The van der Waals surface area contributed by atoms with E-state index in [2.05, 4.69) is 4.98 Å². The molecule has 0 saturated carbocycles. The molecular formula is C18H13NO5S. The van der Waals surface area contributed by atoms with Crippen LogP contribution in [0.5, 0.6) is 5.75 Å². The Labute approximate surface area is 146 Å². The third-order valence-corrected chi connectivity index (χ3v) is 4.41. The smallest absolute Gasteiger partial charge is 0.349 e. The summed E-state index contributed by atoms with van der Waals surface area (Å²) < 4.78 is 5.20. The van der Waals surface area contributed by atoms with Gasteiger partial charge in [-0.2, -0.15) is 0 Å². The van der Waals surface area contributed by atoms with Crippen LogP contribution in [0.4, 0.5) is 0 Å². The van der Waals surface area contributed by atoms with Crippen LogP contribution in [0.2, 0.25) is 0 Å². The monoisotopic (exact) mass is 355 g/mol. The van der Waals surface area contributed by atoms with Crippen LogP contribution >= 0.6 is 11.3 Å². The lowest BCUT2D eigenvalue weighted by atomic mass is 10.1. The Balaban J connectivity index is 2.00. The molecule has 3 aromatic rings. The van der Waals surface area contributed by atoms with Gasteiger partial charge in [-0.25, -0.2) is 14.6 Å². The number of ether oxygens (including phenoxy) is 1. The van der Waals surface area contributed by atoms with Crippen molar-refractivity contribution in [2.24, 2.45) is 0 Å². The summed E-state index contributed by atoms with van der Waals surface area (Å²) in [7, 11) is 0. The molecule has 0 fully saturated rings. The van der Waals surface area contributed by atoms with E-state index in [1.165, 1.54) is 0 Å². The summed E-state index contributed by atoms with van der Waals surface area (Å²) in [5.74, 6) is -2.31. The largest absolute Gasteiger partial charge is 0.479 e. The van der Waals surface area contributed by atoms with Crippen LogP contribution in [0, 0.1) is 0 Å². The lowest BCUT2D eigenvalue weighted by Gasteiger charge is -2.03. The highest BCUT2D eigenvalue weighted by molar-refractivity contribution is 7.20. The first-order valence-corrected chi connectivity index (χ1v) is 8.10.